The highest BCUT2D eigenvalue weighted by atomic mass is 16.6. The Morgan fingerprint density at radius 3 is 0.930 bits per heavy atom. The van der Waals surface area contributed by atoms with Gasteiger partial charge in [-0.1, -0.05) is 217 Å². The molecular formula is C65H100O6. The Kier molecular flexibility index (Phi) is 53.6. The van der Waals surface area contributed by atoms with Gasteiger partial charge in [0.05, 0.1) is 0 Å². The highest BCUT2D eigenvalue weighted by Crippen LogP contribution is 2.11. The maximum absolute atomic E-state index is 12.8. The first-order chi connectivity index (χ1) is 35.0. The zero-order valence-corrected chi connectivity index (χ0v) is 45.2. The third-order valence-corrected chi connectivity index (χ3v) is 11.0. The van der Waals surface area contributed by atoms with Gasteiger partial charge in [0.1, 0.15) is 13.2 Å². The van der Waals surface area contributed by atoms with Gasteiger partial charge in [-0.2, -0.15) is 0 Å². The van der Waals surface area contributed by atoms with Crippen molar-refractivity contribution in [3.05, 3.63) is 158 Å². The van der Waals surface area contributed by atoms with E-state index in [0.29, 0.717) is 12.8 Å². The summed E-state index contributed by atoms with van der Waals surface area (Å²) in [5, 5.41) is 0. The van der Waals surface area contributed by atoms with E-state index < -0.39 is 6.10 Å². The molecule has 0 aliphatic carbocycles. The standard InChI is InChI=1S/C65H100O6/c1-4-7-10-13-16-19-22-25-28-31-32-35-37-40-43-46-49-52-55-58-64(67)70-61-62(71-65(68)59-56-53-50-47-44-41-38-34-30-27-24-21-18-15-12-9-6-3)60-69-63(66)57-54-51-48-45-42-39-36-33-29-26-23-20-17-14-11-8-5-2/h7-8,10-11,16-21,25-30,32,35-36,38-41,43,49,52,62H,4-6,9,12-15,22-24,31,33-34,37,42,44-48,50-51,53-61H2,1-3H3/b10-7-,11-8-,19-16-,20-17-,21-18-,28-25-,29-26-,30-27-,35-32-,39-36-,41-38-,43-40-,52-49-/t62-/m0/s1. The van der Waals surface area contributed by atoms with Crippen molar-refractivity contribution >= 4 is 17.9 Å². The molecule has 0 aromatic carbocycles. The number of ether oxygens (including phenoxy) is 3. The average molecular weight is 978 g/mol. The van der Waals surface area contributed by atoms with Crippen LogP contribution in [-0.4, -0.2) is 37.2 Å². The lowest BCUT2D eigenvalue weighted by atomic mass is 10.1. The Hall–Kier alpha value is -4.97. The second-order valence-electron chi connectivity index (χ2n) is 17.7. The summed E-state index contributed by atoms with van der Waals surface area (Å²) in [6.45, 7) is 6.26. The summed E-state index contributed by atoms with van der Waals surface area (Å²) in [6.07, 6.45) is 83.8. The fraction of sp³-hybridized carbons (Fsp3) is 0.554. The van der Waals surface area contributed by atoms with E-state index in [-0.39, 0.29) is 44.0 Å². The highest BCUT2D eigenvalue weighted by molar-refractivity contribution is 5.71. The zero-order valence-electron chi connectivity index (χ0n) is 45.2. The summed E-state index contributed by atoms with van der Waals surface area (Å²) in [6, 6.07) is 0. The number of hydrogen-bond acceptors (Lipinski definition) is 6. The molecule has 0 saturated heterocycles. The Morgan fingerprint density at radius 1 is 0.296 bits per heavy atom. The minimum atomic E-state index is -0.839. The molecule has 71 heavy (non-hydrogen) atoms. The van der Waals surface area contributed by atoms with E-state index in [4.69, 9.17) is 14.2 Å². The van der Waals surface area contributed by atoms with E-state index in [1.165, 1.54) is 25.7 Å². The van der Waals surface area contributed by atoms with Gasteiger partial charge in [0.25, 0.3) is 0 Å². The molecule has 0 aliphatic heterocycles. The normalized spacial score (nSPS) is 13.3. The molecule has 0 heterocycles. The predicted octanol–water partition coefficient (Wildman–Crippen LogP) is 19.0. The van der Waals surface area contributed by atoms with E-state index in [9.17, 15) is 14.4 Å². The van der Waals surface area contributed by atoms with Crippen LogP contribution in [-0.2, 0) is 28.6 Å². The molecule has 0 aromatic heterocycles. The van der Waals surface area contributed by atoms with Gasteiger partial charge in [0, 0.05) is 19.3 Å². The van der Waals surface area contributed by atoms with Crippen LogP contribution in [0.3, 0.4) is 0 Å². The topological polar surface area (TPSA) is 78.9 Å². The second-order valence-corrected chi connectivity index (χ2v) is 17.7. The van der Waals surface area contributed by atoms with Crippen molar-refractivity contribution < 1.29 is 28.6 Å². The van der Waals surface area contributed by atoms with Gasteiger partial charge in [0.15, 0.2) is 6.10 Å². The number of hydrogen-bond donors (Lipinski definition) is 0. The lowest BCUT2D eigenvalue weighted by Crippen LogP contribution is -2.30. The quantitative estimate of drug-likeness (QED) is 0.0262. The third-order valence-electron chi connectivity index (χ3n) is 11.0. The lowest BCUT2D eigenvalue weighted by Gasteiger charge is -2.18. The molecule has 1 atom stereocenters. The van der Waals surface area contributed by atoms with Crippen LogP contribution in [0.2, 0.25) is 0 Å². The molecule has 396 valence electrons. The molecule has 0 spiro atoms. The number of carbonyl (C=O) groups is 3. The van der Waals surface area contributed by atoms with Crippen molar-refractivity contribution in [3.8, 4) is 0 Å². The van der Waals surface area contributed by atoms with Gasteiger partial charge in [-0.25, -0.2) is 0 Å². The van der Waals surface area contributed by atoms with Crippen molar-refractivity contribution in [2.75, 3.05) is 13.2 Å². The van der Waals surface area contributed by atoms with Gasteiger partial charge < -0.3 is 14.2 Å². The number of unbranched alkanes of at least 4 members (excludes halogenated alkanes) is 11. The molecule has 0 unspecified atom stereocenters. The summed E-state index contributed by atoms with van der Waals surface area (Å²) in [5.74, 6) is -1.07. The van der Waals surface area contributed by atoms with Gasteiger partial charge in [-0.05, 0) is 135 Å². The number of rotatable bonds is 48. The zero-order chi connectivity index (χ0) is 51.4. The number of carbonyl (C=O) groups excluding carboxylic acids is 3. The van der Waals surface area contributed by atoms with Gasteiger partial charge in [-0.15, -0.1) is 0 Å². The highest BCUT2D eigenvalue weighted by Gasteiger charge is 2.19. The van der Waals surface area contributed by atoms with Crippen molar-refractivity contribution in [2.45, 2.75) is 219 Å². The lowest BCUT2D eigenvalue weighted by molar-refractivity contribution is -0.166. The summed E-state index contributed by atoms with van der Waals surface area (Å²) >= 11 is 0. The third kappa shape index (κ3) is 55.8. The Morgan fingerprint density at radius 2 is 0.577 bits per heavy atom. The summed E-state index contributed by atoms with van der Waals surface area (Å²) < 4.78 is 16.7. The molecule has 0 fully saturated rings. The van der Waals surface area contributed by atoms with E-state index in [1.54, 1.807) is 0 Å². The maximum Gasteiger partial charge on any atom is 0.306 e. The minimum absolute atomic E-state index is 0.131. The fourth-order valence-corrected chi connectivity index (χ4v) is 6.88. The van der Waals surface area contributed by atoms with Crippen LogP contribution in [0.25, 0.3) is 0 Å². The average Bonchev–Trinajstić information content (AvgIpc) is 3.37. The molecule has 0 aromatic rings. The van der Waals surface area contributed by atoms with Crippen molar-refractivity contribution in [1.29, 1.82) is 0 Å². The second kappa shape index (κ2) is 57.6. The van der Waals surface area contributed by atoms with Crippen LogP contribution in [0.4, 0.5) is 0 Å². The Labute approximate surface area is 435 Å². The van der Waals surface area contributed by atoms with Crippen LogP contribution in [0.1, 0.15) is 213 Å². The smallest absolute Gasteiger partial charge is 0.306 e. The fourth-order valence-electron chi connectivity index (χ4n) is 6.88. The molecule has 0 aliphatic rings. The van der Waals surface area contributed by atoms with Crippen LogP contribution in [0.15, 0.2) is 158 Å². The number of allylic oxidation sites excluding steroid dienone is 26. The molecule has 0 amide bonds. The van der Waals surface area contributed by atoms with Crippen LogP contribution < -0.4 is 0 Å². The molecule has 0 rings (SSSR count). The molecule has 6 heteroatoms. The Bertz CT molecular complexity index is 1640. The van der Waals surface area contributed by atoms with Crippen LogP contribution in [0, 0.1) is 0 Å². The molecule has 0 saturated carbocycles. The van der Waals surface area contributed by atoms with E-state index in [0.717, 1.165) is 141 Å². The molecular weight excluding hydrogens is 877 g/mol. The summed E-state index contributed by atoms with van der Waals surface area (Å²) in [5.41, 5.74) is 0. The summed E-state index contributed by atoms with van der Waals surface area (Å²) in [7, 11) is 0. The minimum Gasteiger partial charge on any atom is -0.462 e. The first-order valence-electron chi connectivity index (χ1n) is 28.0. The van der Waals surface area contributed by atoms with E-state index >= 15 is 0 Å². The monoisotopic (exact) mass is 977 g/mol. The summed E-state index contributed by atoms with van der Waals surface area (Å²) in [4.78, 5) is 38.1. The van der Waals surface area contributed by atoms with Crippen molar-refractivity contribution in [1.82, 2.24) is 0 Å². The Balaban J connectivity index is 4.62. The van der Waals surface area contributed by atoms with Crippen molar-refractivity contribution in [2.24, 2.45) is 0 Å². The van der Waals surface area contributed by atoms with Gasteiger partial charge >= 0.3 is 17.9 Å². The van der Waals surface area contributed by atoms with E-state index in [2.05, 4.69) is 167 Å². The van der Waals surface area contributed by atoms with E-state index in [1.807, 2.05) is 12.2 Å². The molecule has 6 nitrogen and oxygen atoms in total. The molecule has 0 N–H and O–H groups in total. The van der Waals surface area contributed by atoms with Gasteiger partial charge in [-0.3, -0.25) is 14.4 Å². The van der Waals surface area contributed by atoms with Gasteiger partial charge in [0.2, 0.25) is 0 Å². The first-order valence-corrected chi connectivity index (χ1v) is 28.0. The molecule has 0 bridgehead atoms. The SMILES string of the molecule is CC/C=C\C/C=C\C/C=C\C/C=C\C/C=C\C/C=C\CCC(=O)OC[C@H](COC(=O)CCCCCC/C=C\C/C=C\C/C=C\C/C=C\CC)OC(=O)CCCCCC/C=C\C/C=C\C/C=C\CCCCC. The van der Waals surface area contributed by atoms with Crippen molar-refractivity contribution in [3.63, 3.8) is 0 Å². The molecule has 0 radical (unpaired) electrons. The largest absolute Gasteiger partial charge is 0.462 e. The maximum atomic E-state index is 12.8. The predicted molar refractivity (Wildman–Crippen MR) is 306 cm³/mol. The first kappa shape index (κ1) is 66.0. The van der Waals surface area contributed by atoms with Crippen LogP contribution >= 0.6 is 0 Å². The van der Waals surface area contributed by atoms with Crippen LogP contribution in [0.5, 0.6) is 0 Å². The number of esters is 3.